The van der Waals surface area contributed by atoms with Gasteiger partial charge in [0.05, 0.1) is 0 Å². The molecule has 1 amide bonds. The SMILES string of the molecule is CC(C)CNCc1cccc(OC2CCCCNC2=O)c1. The number of benzene rings is 1. The van der Waals surface area contributed by atoms with Crippen LogP contribution in [0.25, 0.3) is 0 Å². The third-order valence-electron chi connectivity index (χ3n) is 3.54. The lowest BCUT2D eigenvalue weighted by molar-refractivity contribution is -0.127. The Balaban J connectivity index is 1.92. The summed E-state index contributed by atoms with van der Waals surface area (Å²) in [7, 11) is 0. The number of carbonyl (C=O) groups excluding carboxylic acids is 1. The van der Waals surface area contributed by atoms with Gasteiger partial charge in [-0.3, -0.25) is 4.79 Å². The van der Waals surface area contributed by atoms with E-state index in [2.05, 4.69) is 30.5 Å². The third kappa shape index (κ3) is 5.38. The second-order valence-corrected chi connectivity index (χ2v) is 6.07. The normalized spacial score (nSPS) is 19.2. The molecule has 1 aliphatic heterocycles. The van der Waals surface area contributed by atoms with Crippen molar-refractivity contribution >= 4 is 5.91 Å². The van der Waals surface area contributed by atoms with Crippen LogP contribution in [0, 0.1) is 5.92 Å². The Kier molecular flexibility index (Phi) is 6.05. The van der Waals surface area contributed by atoms with Crippen LogP contribution in [0.4, 0.5) is 0 Å². The zero-order valence-electron chi connectivity index (χ0n) is 13.0. The van der Waals surface area contributed by atoms with Crippen molar-refractivity contribution in [2.45, 2.75) is 45.8 Å². The molecule has 1 aliphatic rings. The van der Waals surface area contributed by atoms with Gasteiger partial charge in [-0.15, -0.1) is 0 Å². The number of rotatable bonds is 6. The molecule has 1 fully saturated rings. The number of nitrogens with one attached hydrogen (secondary N) is 2. The van der Waals surface area contributed by atoms with E-state index in [-0.39, 0.29) is 12.0 Å². The van der Waals surface area contributed by atoms with Crippen molar-refractivity contribution in [3.8, 4) is 5.75 Å². The van der Waals surface area contributed by atoms with E-state index in [4.69, 9.17) is 4.74 Å². The average molecular weight is 290 g/mol. The molecule has 1 unspecified atom stereocenters. The van der Waals surface area contributed by atoms with E-state index in [9.17, 15) is 4.79 Å². The lowest BCUT2D eigenvalue weighted by atomic mass is 10.1. The van der Waals surface area contributed by atoms with Crippen molar-refractivity contribution < 1.29 is 9.53 Å². The standard InChI is InChI=1S/C17H26N2O2/c1-13(2)11-18-12-14-6-5-7-15(10-14)21-16-8-3-4-9-19-17(16)20/h5-7,10,13,16,18H,3-4,8-9,11-12H2,1-2H3,(H,19,20). The highest BCUT2D eigenvalue weighted by Crippen LogP contribution is 2.18. The van der Waals surface area contributed by atoms with Gasteiger partial charge in [-0.05, 0) is 49.4 Å². The maximum atomic E-state index is 11.9. The topological polar surface area (TPSA) is 50.4 Å². The molecule has 0 aliphatic carbocycles. The van der Waals surface area contributed by atoms with Crippen LogP contribution < -0.4 is 15.4 Å². The summed E-state index contributed by atoms with van der Waals surface area (Å²) in [5.41, 5.74) is 1.18. The first-order valence-corrected chi connectivity index (χ1v) is 7.89. The smallest absolute Gasteiger partial charge is 0.261 e. The van der Waals surface area contributed by atoms with Crippen molar-refractivity contribution in [3.63, 3.8) is 0 Å². The highest BCUT2D eigenvalue weighted by Gasteiger charge is 2.22. The molecule has 4 heteroatoms. The Morgan fingerprint density at radius 2 is 2.24 bits per heavy atom. The number of amides is 1. The van der Waals surface area contributed by atoms with Gasteiger partial charge in [-0.25, -0.2) is 0 Å². The first-order valence-electron chi connectivity index (χ1n) is 7.89. The second-order valence-electron chi connectivity index (χ2n) is 6.07. The van der Waals surface area contributed by atoms with Gasteiger partial charge in [0.2, 0.25) is 0 Å². The molecule has 4 nitrogen and oxygen atoms in total. The highest BCUT2D eigenvalue weighted by molar-refractivity contribution is 5.81. The Labute approximate surface area is 127 Å². The first-order chi connectivity index (χ1) is 10.1. The van der Waals surface area contributed by atoms with Crippen LogP contribution in [0.2, 0.25) is 0 Å². The third-order valence-corrected chi connectivity index (χ3v) is 3.54. The minimum absolute atomic E-state index is 0.0100. The fourth-order valence-electron chi connectivity index (χ4n) is 2.42. The minimum Gasteiger partial charge on any atom is -0.481 e. The second kappa shape index (κ2) is 8.03. The predicted octanol–water partition coefficient (Wildman–Crippen LogP) is 2.48. The van der Waals surface area contributed by atoms with Crippen molar-refractivity contribution in [3.05, 3.63) is 29.8 Å². The molecule has 1 saturated heterocycles. The number of carbonyl (C=O) groups is 1. The first kappa shape index (κ1) is 15.8. The van der Waals surface area contributed by atoms with Gasteiger partial charge in [0.15, 0.2) is 6.10 Å². The summed E-state index contributed by atoms with van der Waals surface area (Å²) in [5.74, 6) is 1.43. The van der Waals surface area contributed by atoms with Crippen molar-refractivity contribution in [1.29, 1.82) is 0 Å². The summed E-state index contributed by atoms with van der Waals surface area (Å²) < 4.78 is 5.88. The van der Waals surface area contributed by atoms with Crippen LogP contribution in [0.15, 0.2) is 24.3 Å². The lowest BCUT2D eigenvalue weighted by Gasteiger charge is -2.16. The maximum absolute atomic E-state index is 11.9. The van der Waals surface area contributed by atoms with E-state index in [0.29, 0.717) is 5.92 Å². The zero-order valence-corrected chi connectivity index (χ0v) is 13.0. The van der Waals surface area contributed by atoms with Crippen LogP contribution in [0.5, 0.6) is 5.75 Å². The molecule has 1 aromatic rings. The molecular weight excluding hydrogens is 264 g/mol. The van der Waals surface area contributed by atoms with Gasteiger partial charge in [0, 0.05) is 13.1 Å². The van der Waals surface area contributed by atoms with E-state index in [1.807, 2.05) is 18.2 Å². The van der Waals surface area contributed by atoms with Gasteiger partial charge in [0.1, 0.15) is 5.75 Å². The molecule has 1 atom stereocenters. The quantitative estimate of drug-likeness (QED) is 0.846. The van der Waals surface area contributed by atoms with Crippen molar-refractivity contribution in [2.75, 3.05) is 13.1 Å². The van der Waals surface area contributed by atoms with Gasteiger partial charge in [-0.2, -0.15) is 0 Å². The van der Waals surface area contributed by atoms with Crippen LogP contribution >= 0.6 is 0 Å². The van der Waals surface area contributed by atoms with E-state index in [0.717, 1.165) is 44.6 Å². The Morgan fingerprint density at radius 1 is 1.38 bits per heavy atom. The minimum atomic E-state index is -0.355. The predicted molar refractivity (Wildman–Crippen MR) is 84.3 cm³/mol. The van der Waals surface area contributed by atoms with E-state index >= 15 is 0 Å². The summed E-state index contributed by atoms with van der Waals surface area (Å²) in [6, 6.07) is 8.00. The van der Waals surface area contributed by atoms with Crippen molar-refractivity contribution in [2.24, 2.45) is 5.92 Å². The molecule has 0 bridgehead atoms. The van der Waals surface area contributed by atoms with Gasteiger partial charge >= 0.3 is 0 Å². The molecule has 1 aromatic carbocycles. The van der Waals surface area contributed by atoms with Crippen LogP contribution in [0.1, 0.15) is 38.7 Å². The van der Waals surface area contributed by atoms with Gasteiger partial charge < -0.3 is 15.4 Å². The number of hydrogen-bond acceptors (Lipinski definition) is 3. The fourth-order valence-corrected chi connectivity index (χ4v) is 2.42. The number of hydrogen-bond donors (Lipinski definition) is 2. The molecule has 2 rings (SSSR count). The van der Waals surface area contributed by atoms with Crippen LogP contribution in [-0.4, -0.2) is 25.1 Å². The van der Waals surface area contributed by atoms with Gasteiger partial charge in [0.25, 0.3) is 5.91 Å². The Hall–Kier alpha value is -1.55. The number of ether oxygens (including phenoxy) is 1. The molecule has 0 spiro atoms. The largest absolute Gasteiger partial charge is 0.481 e. The lowest BCUT2D eigenvalue weighted by Crippen LogP contribution is -2.36. The Bertz CT molecular complexity index is 460. The van der Waals surface area contributed by atoms with E-state index in [1.54, 1.807) is 0 Å². The maximum Gasteiger partial charge on any atom is 0.261 e. The van der Waals surface area contributed by atoms with Crippen molar-refractivity contribution in [1.82, 2.24) is 10.6 Å². The summed E-state index contributed by atoms with van der Waals surface area (Å²) in [6.45, 7) is 6.97. The Morgan fingerprint density at radius 3 is 3.05 bits per heavy atom. The zero-order chi connectivity index (χ0) is 15.1. The van der Waals surface area contributed by atoms with Gasteiger partial charge in [-0.1, -0.05) is 26.0 Å². The summed E-state index contributed by atoms with van der Waals surface area (Å²) in [5, 5.41) is 6.32. The molecule has 0 aromatic heterocycles. The summed E-state index contributed by atoms with van der Waals surface area (Å²) in [6.07, 6.45) is 2.50. The summed E-state index contributed by atoms with van der Waals surface area (Å²) >= 11 is 0. The molecule has 0 radical (unpaired) electrons. The summed E-state index contributed by atoms with van der Waals surface area (Å²) in [4.78, 5) is 11.9. The molecule has 1 heterocycles. The van der Waals surface area contributed by atoms with Crippen LogP contribution in [-0.2, 0) is 11.3 Å². The molecule has 2 N–H and O–H groups in total. The fraction of sp³-hybridized carbons (Fsp3) is 0.588. The van der Waals surface area contributed by atoms with E-state index < -0.39 is 0 Å². The molecule has 0 saturated carbocycles. The molecule has 21 heavy (non-hydrogen) atoms. The van der Waals surface area contributed by atoms with E-state index in [1.165, 1.54) is 5.56 Å². The molecule has 116 valence electrons. The highest BCUT2D eigenvalue weighted by atomic mass is 16.5. The van der Waals surface area contributed by atoms with Crippen LogP contribution in [0.3, 0.4) is 0 Å². The average Bonchev–Trinajstić information content (AvgIpc) is 2.64. The molecular formula is C17H26N2O2. The monoisotopic (exact) mass is 290 g/mol.